The molecule has 0 amide bonds. The quantitative estimate of drug-likeness (QED) is 0.0933. The smallest absolute Gasteiger partial charge is 0.226 e. The monoisotopic (exact) mass is 2060 g/mol. The van der Waals surface area contributed by atoms with E-state index < -0.39 is 52.0 Å². The van der Waals surface area contributed by atoms with E-state index in [2.05, 4.69) is 50.6 Å². The molecule has 3 aromatic carbocycles. The van der Waals surface area contributed by atoms with E-state index in [4.69, 9.17) is 276 Å². The van der Waals surface area contributed by atoms with Crippen molar-refractivity contribution >= 4 is 35.3 Å². The lowest BCUT2D eigenvalue weighted by Crippen LogP contribution is -2.46. The Hall–Kier alpha value is -10.9. The third-order valence-corrected chi connectivity index (χ3v) is 29.1. The number of sulfone groups is 3. The van der Waals surface area contributed by atoms with E-state index in [1.165, 1.54) is 30.6 Å². The van der Waals surface area contributed by atoms with Crippen molar-refractivity contribution in [2.45, 2.75) is 153 Å². The highest BCUT2D eigenvalue weighted by Crippen LogP contribution is 2.57. The van der Waals surface area contributed by atoms with Crippen LogP contribution in [-0.2, 0) is 93.5 Å². The molecule has 0 unspecified atom stereocenters. The molecule has 7 aromatic heterocycles. The number of benzene rings is 3. The molecule has 740 valence electrons. The van der Waals surface area contributed by atoms with Crippen molar-refractivity contribution in [2.75, 3.05) is 17.3 Å². The van der Waals surface area contributed by atoms with Gasteiger partial charge < -0.3 is 14.4 Å². The van der Waals surface area contributed by atoms with Crippen LogP contribution in [0.3, 0.4) is 0 Å². The van der Waals surface area contributed by atoms with E-state index >= 15 is 13.2 Å². The van der Waals surface area contributed by atoms with Crippen LogP contribution in [0.15, 0.2) is 162 Å². The van der Waals surface area contributed by atoms with E-state index in [1.54, 1.807) is 124 Å². The normalized spacial score (nSPS) is 28.1. The van der Waals surface area contributed by atoms with Gasteiger partial charge in [0.1, 0.15) is 23.2 Å². The second-order valence-corrected chi connectivity index (χ2v) is 38.2. The Kier molecular flexibility index (Phi) is 7.88. The SMILES string of the molecule is CCS(=O)(=O)Cc1cc(-c2nc(-c3ccccc3F)c3c(n2)[C@]2(C)Cc4cnoc4[C@H](C)[C@H]2CC3)ccn1.[3H][3H].[3H][3H].[3H][3H].[3H][3H].[3H][3H].[3H][3H].[3H][3H].[3H][3H].[3H][3H].[3H][3H].[3H][3H].[3H][3H].[3H][3H].[3H][3H].[3H][3H].[3H][3H].[3H][3H].[3H][3H].[3H][3H].[3H][3H].[3H][3H].[3H][3H].[3H][3H].[3H][3H].[3H][3H].[3H][3H].[3H][3H].[3H][3H].[3H][3H].[3H][3H].[3H][3H].[3H][3H].[3H][3H].[3H][3H].[3H][3H].[3H][3H].[3H][3H].[3H][3H].[3H][3H].[3H][3H].[3H][3H].[3H][3H].[3H][3H].[3H][3H].[3H][3H].[3H][3H].[3H][3H].[3H][3H].[3H][3H].[3H][3H].[3H][3H].[3H][3H].[3H][3H].[3H][3H].[3H][3H].[3H][3H].[3H][3H].[3H][3H].[3H][3H].[3H][3H].[3H][3H].[3H][3H].[3H][3H].[3H][3H].[3H][3H].[3H][3H].[3H][3H].[3H][3H].[3H][3H].[3H][3H].[3H][3H].[3H][3H].[3H][3H].[3H][3H].[3H][3H].[3H][3H].[3H][3H].[C-]#[N+]C1=C(O)[C@H](C)[C@H]2CCc3c(-c4ccccc4F)nc(-c4ccnc(CS(=O)(=O)CC)c4)nc3[C@]2(C)C1.[C-]#[N+]C1=C[C@@]2(C)c3nc(-c4ccnc(CS(=O)(=O)CC)c4)nc(-c4ccccc4F)c3CC[C@@H]2[C@@H](C)C1=O. The van der Waals surface area contributed by atoms with Gasteiger partial charge in [0.15, 0.2) is 52.8 Å². The van der Waals surface area contributed by atoms with Gasteiger partial charge in [0, 0.05) is 354 Å². The number of hydrogen-bond acceptors (Lipinski definition) is 19. The zero-order valence-corrected chi connectivity index (χ0v) is 67.0. The van der Waals surface area contributed by atoms with Crippen LogP contribution in [0.4, 0.5) is 13.2 Å². The zero-order valence-electron chi connectivity index (χ0n) is 219. The van der Waals surface area contributed by atoms with Gasteiger partial charge in [0.2, 0.25) is 11.4 Å². The van der Waals surface area contributed by atoms with Gasteiger partial charge in [0.25, 0.3) is 0 Å². The number of carbonyl (C=O) groups excluding carboxylic acids is 1. The first kappa shape index (κ1) is 28.8. The molecule has 0 fully saturated rings. The lowest BCUT2D eigenvalue weighted by atomic mass is 9.56. The van der Waals surface area contributed by atoms with E-state index in [0.29, 0.717) is 122 Å². The summed E-state index contributed by atoms with van der Waals surface area (Å²) in [5, 5.41) is 14.8. The Morgan fingerprint density at radius 2 is 0.912 bits per heavy atom. The van der Waals surface area contributed by atoms with Crippen molar-refractivity contribution in [3.8, 4) is 67.9 Å². The van der Waals surface area contributed by atoms with Crippen LogP contribution in [0.2, 0.25) is 0 Å². The lowest BCUT2D eigenvalue weighted by molar-refractivity contribution is -0.121. The molecule has 0 saturated carbocycles. The van der Waals surface area contributed by atoms with E-state index in [9.17, 15) is 35.2 Å². The molecule has 10 aromatic rings. The van der Waals surface area contributed by atoms with Crippen LogP contribution in [0.1, 0.15) is 385 Å². The highest BCUT2D eigenvalue weighted by atomic mass is 32.2. The predicted molar refractivity (Wildman–Crippen MR) is 589 cm³/mol. The Bertz CT molecular complexity index is 6330. The summed E-state index contributed by atoms with van der Waals surface area (Å²) >= 11 is 0. The number of Topliss-reactive ketones (excluding diaryl/α,β-unsaturated/α-hetero) is 1. The van der Waals surface area contributed by atoms with Gasteiger partial charge in [-0.1, -0.05) is 110 Å². The maximum absolute atomic E-state index is 15.2. The fraction of sp³-hybridized carbons (Fsp3) is 0.368. The number of aliphatic hydroxyl groups is 1. The first-order valence-corrected chi connectivity index (χ1v) is 43.7. The summed E-state index contributed by atoms with van der Waals surface area (Å²) < 4.78 is 894. The fourth-order valence-corrected chi connectivity index (χ4v) is 20.6. The number of ketones is 1. The van der Waals surface area contributed by atoms with Crippen LogP contribution in [0, 0.1) is 60.2 Å². The number of allylic oxidation sites excluding steroid dienone is 4. The second kappa shape index (κ2) is 31.1. The van der Waals surface area contributed by atoms with Crippen LogP contribution >= 0.6 is 0 Å². The number of nitrogens with zero attached hydrogens (tertiary/aromatic N) is 12. The number of pyridine rings is 3. The minimum absolute atomic E-state index is 0.00193. The molecule has 0 radical (unpaired) electrons. The third-order valence-electron chi connectivity index (χ3n) is 24.2. The second-order valence-electron chi connectivity index (χ2n) is 31.2. The minimum Gasteiger partial charge on any atom is -0.523 e. The molecule has 0 spiro atoms. The molecule has 1 N–H and O–H groups in total. The lowest BCUT2D eigenvalue weighted by Gasteiger charge is -2.48. The summed E-state index contributed by atoms with van der Waals surface area (Å²) in [6.07, 6.45) is 13.4. The van der Waals surface area contributed by atoms with Gasteiger partial charge in [-0.2, -0.15) is 0 Å². The number of aliphatic hydroxyl groups excluding tert-OH is 1. The molecule has 27 heteroatoms. The van der Waals surface area contributed by atoms with E-state index in [0.717, 1.165) is 65.1 Å². The summed E-state index contributed by atoms with van der Waals surface area (Å²) in [5.74, 6) is 0.173. The van der Waals surface area contributed by atoms with Crippen molar-refractivity contribution in [1.82, 2.24) is 50.0 Å². The van der Waals surface area contributed by atoms with Gasteiger partial charge in [-0.05, 0) is 142 Å². The third kappa shape index (κ3) is 15.0. The molecule has 0 bridgehead atoms. The van der Waals surface area contributed by atoms with Crippen LogP contribution in [0.5, 0.6) is 0 Å². The van der Waals surface area contributed by atoms with Crippen LogP contribution in [-0.4, -0.2) is 103 Å². The zero-order chi connectivity index (χ0) is 235. The number of fused-ring (bicyclic) bond motifs is 10. The predicted octanol–water partition coefficient (Wildman–Crippen LogP) is 35.3. The van der Waals surface area contributed by atoms with Crippen LogP contribution in [0.25, 0.3) is 77.6 Å². The molecule has 6 aliphatic rings. The summed E-state index contributed by atoms with van der Waals surface area (Å²) in [6, 6.07) is 29.8. The van der Waals surface area contributed by atoms with Crippen molar-refractivity contribution in [3.05, 3.63) is 260 Å². The number of hydrogen-bond donors (Lipinski definition) is 1. The van der Waals surface area contributed by atoms with Gasteiger partial charge in [-0.25, -0.2) is 78.0 Å². The summed E-state index contributed by atoms with van der Waals surface area (Å²) in [5.41, 5.74) is 10.5. The molecule has 6 aliphatic carbocycles. The molecule has 7 heterocycles. The number of carbonyl (C=O) groups is 1. The molecule has 21 nitrogen and oxygen atoms in total. The van der Waals surface area contributed by atoms with Crippen molar-refractivity contribution < 1.29 is 282 Å². The highest BCUT2D eigenvalue weighted by Gasteiger charge is 2.54. The molecule has 0 saturated heterocycles. The van der Waals surface area contributed by atoms with E-state index in [1.807, 2.05) is 26.8 Å². The van der Waals surface area contributed by atoms with Gasteiger partial charge in [0.05, 0.1) is 93.6 Å². The summed E-state index contributed by atoms with van der Waals surface area (Å²) in [6.45, 7) is 32.3. The van der Waals surface area contributed by atoms with E-state index in [-0.39, 0.29) is 98.5 Å². The summed E-state index contributed by atoms with van der Waals surface area (Å²) in [4.78, 5) is 62.4. The molecule has 9 atom stereocenters. The first-order chi connectivity index (χ1) is 131. The molecule has 114 heavy (non-hydrogen) atoms. The van der Waals surface area contributed by atoms with Crippen LogP contribution < -0.4 is 0 Å². The highest BCUT2D eigenvalue weighted by molar-refractivity contribution is 7.91. The van der Waals surface area contributed by atoms with Gasteiger partial charge in [-0.3, -0.25) is 15.0 Å². The molecular formula is C87H239F3N12O9S3. The standard InChI is InChI=1S/2C29H29FN4O3S.C29H27FN4O3S.77H2/c1-4-38(35,36)16-20-13-18(11-12-31-20)28-33-25(21-7-5-6-8-24(21)30)22-9-10-23-17(2)26-19(15-32-37-26)14-29(23,3)27(22)34-28;2*1-5-38(36,37)16-19-14-18(12-13-32-19)28-33-25(20-8-6-7-9-23(20)30)21-10-11-22-17(2)26(35)24(31-4)15-29(22,3)27(21)34-28;;;;;;;;;;;;;;;;;;;;;;;;;;;;;;;;;;;;;;;;;;;;;;;;;;;;;;;;;;;;;;;;;;;;;;;;;;;;;/h5-8,11-13,15,17,23H,4,9-10,14,16H2,1-3H3;6-9,12-14,17,22,35H,5,10-11,15-16H2,1-3H3;6-9,12-15,17,22H,5,10-11,16H2,1-3H3;77*1H/t17-,23-,29-;2*17-,22-,29-;;;;;;;;;;;;;;;;;;;;;;;;;;;;;;;;;;;;;;;;;;;;;;;;;;;;;;;;;;;;;;;;;;;;;;;;;;;;;/m111............................................................................./s1/i;;;77*1+2T. The first-order valence-electron chi connectivity index (χ1n) is 115. The maximum Gasteiger partial charge on any atom is 0.226 e. The molecular weight excluding hydrogens is 1510 g/mol. The van der Waals surface area contributed by atoms with Gasteiger partial charge in [-0.15, -0.1) is 0 Å². The average molecular weight is 2060 g/mol. The average Bonchev–Trinajstić information content (AvgIpc) is 1.25. The number of rotatable bonds is 15. The Morgan fingerprint density at radius 1 is 0.526 bits per heavy atom. The Morgan fingerprint density at radius 3 is 1.32 bits per heavy atom. The molecule has 16 rings (SSSR count). The number of aromatic nitrogens is 10. The topological polar surface area (TPSA) is 290 Å². The number of halogens is 3. The summed E-state index contributed by atoms with van der Waals surface area (Å²) in [7, 11) is -9.87. The maximum atomic E-state index is 15.2. The molecule has 0 aliphatic heterocycles. The van der Waals surface area contributed by atoms with Gasteiger partial charge >= 0.3 is 0 Å². The van der Waals surface area contributed by atoms with Crippen molar-refractivity contribution in [1.29, 1.82) is 0 Å². The Labute approximate surface area is 899 Å². The Balaban J connectivity index is -0.0000000277. The van der Waals surface area contributed by atoms with Crippen molar-refractivity contribution in [2.24, 2.45) is 29.6 Å². The van der Waals surface area contributed by atoms with Crippen molar-refractivity contribution in [3.63, 3.8) is 0 Å². The largest absolute Gasteiger partial charge is 0.523 e. The fourth-order valence-electron chi connectivity index (χ4n) is 18.2. The minimum atomic E-state index is -3.31.